The number of nitrogens with one attached hydrogen (secondary N) is 2. The zero-order chi connectivity index (χ0) is 39.4. The molecule has 4 aromatic rings. The zero-order valence-electron chi connectivity index (χ0n) is 32.1. The summed E-state index contributed by atoms with van der Waals surface area (Å²) in [7, 11) is -3.68. The van der Waals surface area contributed by atoms with E-state index >= 15 is 0 Å². The molecule has 14 heteroatoms. The van der Waals surface area contributed by atoms with Gasteiger partial charge in [-0.2, -0.15) is 0 Å². The lowest BCUT2D eigenvalue weighted by Gasteiger charge is -2.43. The third kappa shape index (κ3) is 8.70. The van der Waals surface area contributed by atoms with Crippen molar-refractivity contribution in [2.75, 3.05) is 19.7 Å². The van der Waals surface area contributed by atoms with E-state index in [1.165, 1.54) is 22.5 Å². The third-order valence-corrected chi connectivity index (χ3v) is 14.2. The van der Waals surface area contributed by atoms with Gasteiger partial charge in [-0.1, -0.05) is 38.1 Å². The highest BCUT2D eigenvalue weighted by Crippen LogP contribution is 2.47. The Morgan fingerprint density at radius 3 is 2.59 bits per heavy atom. The van der Waals surface area contributed by atoms with Crippen LogP contribution in [0.2, 0.25) is 0 Å². The van der Waals surface area contributed by atoms with Gasteiger partial charge in [0, 0.05) is 42.1 Å². The molecule has 0 aliphatic carbocycles. The highest BCUT2D eigenvalue weighted by molar-refractivity contribution is 7.56. The van der Waals surface area contributed by atoms with Crippen LogP contribution in [-0.2, 0) is 36.3 Å². The Balaban J connectivity index is 1.02. The molecular formula is C42H50N5O7PS. The van der Waals surface area contributed by atoms with Crippen molar-refractivity contribution in [3.63, 3.8) is 0 Å². The molecule has 2 aromatic carbocycles. The van der Waals surface area contributed by atoms with Crippen molar-refractivity contribution >= 4 is 52.6 Å². The maximum atomic E-state index is 14.3. The number of hydrogen-bond donors (Lipinski definition) is 2. The molecule has 3 aliphatic heterocycles. The van der Waals surface area contributed by atoms with E-state index in [9.17, 15) is 23.7 Å². The summed E-state index contributed by atoms with van der Waals surface area (Å²) in [5, 5.41) is 6.70. The SMILES string of the molecule is CCCOC(=O)[C@H](C)NP(=O)(Cc1ccc2sc(C(=O)N[C@H]3CCC[C@H]4CC[C@@H](C(=O)N5CC(c6cnccc6CC)C5)N4C3=O)cc2c1)Oc1ccccc1. The van der Waals surface area contributed by atoms with Gasteiger partial charge < -0.3 is 24.4 Å². The number of aryl methyl sites for hydroxylation is 1. The van der Waals surface area contributed by atoms with Crippen LogP contribution in [0.15, 0.2) is 73.1 Å². The minimum atomic E-state index is -3.68. The topological polar surface area (TPSA) is 147 Å². The highest BCUT2D eigenvalue weighted by Gasteiger charge is 2.47. The summed E-state index contributed by atoms with van der Waals surface area (Å²) in [5.74, 6) is -0.410. The van der Waals surface area contributed by atoms with Gasteiger partial charge in [-0.05, 0) is 110 Å². The molecule has 3 saturated heterocycles. The maximum Gasteiger partial charge on any atom is 0.323 e. The van der Waals surface area contributed by atoms with E-state index < -0.39 is 31.6 Å². The van der Waals surface area contributed by atoms with Crippen molar-refractivity contribution in [2.45, 2.75) is 102 Å². The summed E-state index contributed by atoms with van der Waals surface area (Å²) in [6, 6.07) is 16.1. The summed E-state index contributed by atoms with van der Waals surface area (Å²) in [6.45, 7) is 7.13. The van der Waals surface area contributed by atoms with Gasteiger partial charge in [-0.3, -0.25) is 28.7 Å². The minimum absolute atomic E-state index is 0.00822. The fraction of sp³-hybridized carbons (Fsp3) is 0.452. The number of amides is 3. The molecule has 56 heavy (non-hydrogen) atoms. The fourth-order valence-electron chi connectivity index (χ4n) is 8.13. The Labute approximate surface area is 331 Å². The molecule has 0 radical (unpaired) electrons. The Hall–Kier alpha value is -4.58. The molecule has 3 amide bonds. The Morgan fingerprint density at radius 1 is 1.02 bits per heavy atom. The van der Waals surface area contributed by atoms with Gasteiger partial charge in [0.2, 0.25) is 11.8 Å². The molecule has 12 nitrogen and oxygen atoms in total. The number of benzene rings is 2. The number of para-hydroxylation sites is 1. The zero-order valence-corrected chi connectivity index (χ0v) is 33.9. The summed E-state index contributed by atoms with van der Waals surface area (Å²) in [5.41, 5.74) is 3.14. The van der Waals surface area contributed by atoms with Crippen molar-refractivity contribution in [3.8, 4) is 5.75 Å². The molecule has 3 fully saturated rings. The lowest BCUT2D eigenvalue weighted by Crippen LogP contribution is -2.58. The molecule has 2 N–H and O–H groups in total. The second kappa shape index (κ2) is 17.3. The first-order valence-electron chi connectivity index (χ1n) is 19.7. The predicted molar refractivity (Wildman–Crippen MR) is 216 cm³/mol. The van der Waals surface area contributed by atoms with Gasteiger partial charge in [0.15, 0.2) is 0 Å². The number of carbonyl (C=O) groups is 4. The van der Waals surface area contributed by atoms with Crippen LogP contribution >= 0.6 is 18.9 Å². The van der Waals surface area contributed by atoms with Gasteiger partial charge in [-0.25, -0.2) is 5.09 Å². The van der Waals surface area contributed by atoms with Crippen molar-refractivity contribution in [1.82, 2.24) is 25.2 Å². The second-order valence-corrected chi connectivity index (χ2v) is 18.2. The van der Waals surface area contributed by atoms with Crippen molar-refractivity contribution in [2.24, 2.45) is 0 Å². The average Bonchev–Trinajstić information content (AvgIpc) is 3.77. The number of pyridine rings is 1. The van der Waals surface area contributed by atoms with E-state index in [-0.39, 0.29) is 42.5 Å². The number of ether oxygens (including phenoxy) is 1. The molecule has 5 atom stereocenters. The molecule has 0 spiro atoms. The number of nitrogens with zero attached hydrogens (tertiary/aromatic N) is 3. The standard InChI is InChI=1S/C42H50N5O7PS/c1-4-20-53-42(51)27(3)45-55(52,54-33-11-7-6-8-12-33)26-28-14-17-37-30(21-28)22-38(56-37)39(48)44-35-13-9-10-32-15-16-36(47(32)40(35)49)41(50)46-24-31(25-46)34-23-43-19-18-29(34)5-2/h6-8,11-12,14,17-19,21-23,27,31-32,35-36H,4-5,9-10,13,15-16,20,24-26H2,1-3H3,(H,44,48)(H,45,52)/t27-,32-,35-,36-,55?/m0/s1. The summed E-state index contributed by atoms with van der Waals surface area (Å²) < 4.78 is 26.4. The number of likely N-dealkylation sites (tertiary alicyclic amines) is 1. The largest absolute Gasteiger partial charge is 0.465 e. The number of carbonyl (C=O) groups excluding carboxylic acids is 4. The average molecular weight is 800 g/mol. The van der Waals surface area contributed by atoms with Crippen LogP contribution in [0.3, 0.4) is 0 Å². The van der Waals surface area contributed by atoms with Crippen LogP contribution in [0.5, 0.6) is 5.75 Å². The Bertz CT molecular complexity index is 2120. The second-order valence-electron chi connectivity index (χ2n) is 15.1. The highest BCUT2D eigenvalue weighted by atomic mass is 32.1. The van der Waals surface area contributed by atoms with E-state index in [4.69, 9.17) is 9.26 Å². The molecule has 1 unspecified atom stereocenters. The lowest BCUT2D eigenvalue weighted by molar-refractivity contribution is -0.148. The quantitative estimate of drug-likeness (QED) is 0.104. The third-order valence-electron chi connectivity index (χ3n) is 11.0. The van der Waals surface area contributed by atoms with E-state index in [1.807, 2.05) is 48.4 Å². The normalized spacial score (nSPS) is 21.4. The Kier molecular flexibility index (Phi) is 12.2. The molecular weight excluding hydrogens is 750 g/mol. The van der Waals surface area contributed by atoms with E-state index in [0.29, 0.717) is 48.5 Å². The number of hydrogen-bond acceptors (Lipinski definition) is 9. The van der Waals surface area contributed by atoms with Gasteiger partial charge in [0.25, 0.3) is 5.91 Å². The molecule has 5 heterocycles. The van der Waals surface area contributed by atoms with Crippen LogP contribution in [0.4, 0.5) is 0 Å². The van der Waals surface area contributed by atoms with Gasteiger partial charge in [-0.15, -0.1) is 11.3 Å². The number of fused-ring (bicyclic) bond motifs is 2. The molecule has 0 bridgehead atoms. The first-order chi connectivity index (χ1) is 27.1. The van der Waals surface area contributed by atoms with Crippen molar-refractivity contribution < 1.29 is 33.0 Å². The Morgan fingerprint density at radius 2 is 1.82 bits per heavy atom. The summed E-state index contributed by atoms with van der Waals surface area (Å²) in [4.78, 5) is 62.7. The number of aromatic nitrogens is 1. The predicted octanol–water partition coefficient (Wildman–Crippen LogP) is 6.83. The molecule has 3 aliphatic rings. The first-order valence-corrected chi connectivity index (χ1v) is 22.3. The van der Waals surface area contributed by atoms with E-state index in [0.717, 1.165) is 35.8 Å². The van der Waals surface area contributed by atoms with Crippen molar-refractivity contribution in [3.05, 3.63) is 94.6 Å². The number of esters is 1. The van der Waals surface area contributed by atoms with Gasteiger partial charge in [0.05, 0.1) is 17.6 Å². The fourth-order valence-corrected chi connectivity index (χ4v) is 11.1. The summed E-state index contributed by atoms with van der Waals surface area (Å²) >= 11 is 1.31. The number of rotatable bonds is 14. The minimum Gasteiger partial charge on any atom is -0.465 e. The van der Waals surface area contributed by atoms with E-state index in [2.05, 4.69) is 22.3 Å². The van der Waals surface area contributed by atoms with Gasteiger partial charge in [0.1, 0.15) is 23.9 Å². The maximum absolute atomic E-state index is 14.3. The van der Waals surface area contributed by atoms with E-state index in [1.54, 1.807) is 48.4 Å². The van der Waals surface area contributed by atoms with Crippen molar-refractivity contribution in [1.29, 1.82) is 0 Å². The van der Waals surface area contributed by atoms with Gasteiger partial charge >= 0.3 is 13.5 Å². The van der Waals surface area contributed by atoms with Crippen LogP contribution in [0.1, 0.15) is 91.6 Å². The molecule has 296 valence electrons. The molecule has 2 aromatic heterocycles. The molecule has 0 saturated carbocycles. The van der Waals surface area contributed by atoms with Crippen LogP contribution in [-0.4, -0.2) is 82.3 Å². The molecule has 7 rings (SSSR count). The smallest absolute Gasteiger partial charge is 0.323 e. The number of thiophene rings is 1. The van der Waals surface area contributed by atoms with Crippen LogP contribution in [0.25, 0.3) is 10.1 Å². The summed E-state index contributed by atoms with van der Waals surface area (Å²) in [6.07, 6.45) is 8.77. The van der Waals surface area contributed by atoms with Crippen LogP contribution in [0, 0.1) is 0 Å². The van der Waals surface area contributed by atoms with Crippen LogP contribution < -0.4 is 14.9 Å². The first kappa shape index (κ1) is 39.6. The lowest BCUT2D eigenvalue weighted by atomic mass is 9.88. The monoisotopic (exact) mass is 799 g/mol.